The first kappa shape index (κ1) is 8.24. The second kappa shape index (κ2) is 2.95. The van der Waals surface area contributed by atoms with Gasteiger partial charge in [0.2, 0.25) is 5.52 Å². The molecule has 0 spiro atoms. The minimum Gasteiger partial charge on any atom is -0.618 e. The molecule has 2 nitrogen and oxygen atoms in total. The summed E-state index contributed by atoms with van der Waals surface area (Å²) in [5, 5.41) is 14.8. The number of rotatable bonds is 0. The van der Waals surface area contributed by atoms with Crippen LogP contribution in [0.1, 0.15) is 0 Å². The summed E-state index contributed by atoms with van der Waals surface area (Å²) in [5.41, 5.74) is 0.719. The van der Waals surface area contributed by atoms with Gasteiger partial charge in [0.25, 0.3) is 0 Å². The van der Waals surface area contributed by atoms with Crippen molar-refractivity contribution in [1.82, 2.24) is 0 Å². The van der Waals surface area contributed by atoms with Crippen molar-refractivity contribution in [3.63, 3.8) is 0 Å². The van der Waals surface area contributed by atoms with Crippen molar-refractivity contribution in [3.05, 3.63) is 59.9 Å². The van der Waals surface area contributed by atoms with Crippen LogP contribution in [0.4, 0.5) is 0 Å². The smallest absolute Gasteiger partial charge is 0.224 e. The molecule has 3 rings (SSSR count). The Morgan fingerprint density at radius 2 is 1.47 bits per heavy atom. The van der Waals surface area contributed by atoms with E-state index < -0.39 is 0 Å². The van der Waals surface area contributed by atoms with Gasteiger partial charge in [0.1, 0.15) is 0 Å². The van der Waals surface area contributed by atoms with E-state index >= 15 is 0 Å². The van der Waals surface area contributed by atoms with E-state index in [0.717, 1.165) is 26.4 Å². The zero-order valence-electron chi connectivity index (χ0n) is 8.05. The van der Waals surface area contributed by atoms with Crippen molar-refractivity contribution in [1.29, 1.82) is 0 Å². The van der Waals surface area contributed by atoms with Gasteiger partial charge in [0, 0.05) is 16.8 Å². The molecule has 0 bridgehead atoms. The maximum absolute atomic E-state index is 11.7. The van der Waals surface area contributed by atoms with Crippen molar-refractivity contribution in [2.75, 3.05) is 0 Å². The Labute approximate surface area is 87.0 Å². The van der Waals surface area contributed by atoms with E-state index in [9.17, 15) is 5.21 Å². The fraction of sp³-hybridized carbons (Fsp3) is 0. The summed E-state index contributed by atoms with van der Waals surface area (Å²) in [5.74, 6) is 0. The Morgan fingerprint density at radius 3 is 2.33 bits per heavy atom. The molecule has 0 N–H and O–H groups in total. The molecule has 2 heteroatoms. The topological polar surface area (TPSA) is 26.9 Å². The molecule has 0 saturated heterocycles. The highest BCUT2D eigenvalue weighted by molar-refractivity contribution is 6.03. The zero-order valence-corrected chi connectivity index (χ0v) is 8.05. The number of hydrogen-bond donors (Lipinski definition) is 0. The summed E-state index contributed by atoms with van der Waals surface area (Å²) < 4.78 is 0.928. The summed E-state index contributed by atoms with van der Waals surface area (Å²) >= 11 is 0. The summed E-state index contributed by atoms with van der Waals surface area (Å²) in [4.78, 5) is 0. The van der Waals surface area contributed by atoms with Gasteiger partial charge in [-0.2, -0.15) is 4.73 Å². The molecule has 1 aromatic heterocycles. The highest BCUT2D eigenvalue weighted by Crippen LogP contribution is 2.21. The first-order valence-corrected chi connectivity index (χ1v) is 4.86. The molecular weight excluding hydrogens is 186 g/mol. The van der Waals surface area contributed by atoms with Crippen LogP contribution in [-0.2, 0) is 0 Å². The van der Waals surface area contributed by atoms with Gasteiger partial charge >= 0.3 is 0 Å². The van der Waals surface area contributed by atoms with Crippen LogP contribution < -0.4 is 4.73 Å². The molecule has 0 aliphatic heterocycles. The minimum atomic E-state index is 0.719. The molecule has 1 heterocycles. The van der Waals surface area contributed by atoms with Gasteiger partial charge in [-0.15, -0.1) is 0 Å². The number of nitrogens with zero attached hydrogens (tertiary/aromatic N) is 1. The summed E-state index contributed by atoms with van der Waals surface area (Å²) in [7, 11) is 0. The Kier molecular flexibility index (Phi) is 1.62. The quantitative estimate of drug-likeness (QED) is 0.308. The average Bonchev–Trinajstić information content (AvgIpc) is 2.30. The molecule has 0 unspecified atom stereocenters. The van der Waals surface area contributed by atoms with Crippen LogP contribution in [0.15, 0.2) is 54.7 Å². The van der Waals surface area contributed by atoms with E-state index in [1.54, 1.807) is 6.20 Å². The van der Waals surface area contributed by atoms with Crippen LogP contribution in [0.5, 0.6) is 0 Å². The number of pyridine rings is 1. The Bertz CT molecular complexity index is 646. The monoisotopic (exact) mass is 195 g/mol. The average molecular weight is 195 g/mol. The number of aromatic nitrogens is 1. The van der Waals surface area contributed by atoms with E-state index in [2.05, 4.69) is 0 Å². The second-order valence-electron chi connectivity index (χ2n) is 3.56. The van der Waals surface area contributed by atoms with E-state index in [0.29, 0.717) is 0 Å². The highest BCUT2D eigenvalue weighted by Gasteiger charge is 2.06. The highest BCUT2D eigenvalue weighted by atomic mass is 16.5. The van der Waals surface area contributed by atoms with Crippen molar-refractivity contribution in [2.24, 2.45) is 0 Å². The van der Waals surface area contributed by atoms with Crippen LogP contribution in [0.3, 0.4) is 0 Å². The second-order valence-corrected chi connectivity index (χ2v) is 3.56. The zero-order chi connectivity index (χ0) is 10.3. The number of benzene rings is 2. The fourth-order valence-electron chi connectivity index (χ4n) is 1.94. The Hall–Kier alpha value is -2.09. The standard InChI is InChI=1S/C13H9NO/c15-14-9-10-5-1-2-6-11(10)12-7-3-4-8-13(12)14/h1-9H. The van der Waals surface area contributed by atoms with Gasteiger partial charge in [-0.3, -0.25) is 0 Å². The van der Waals surface area contributed by atoms with Gasteiger partial charge in [-0.25, -0.2) is 0 Å². The lowest BCUT2D eigenvalue weighted by atomic mass is 10.1. The summed E-state index contributed by atoms with van der Waals surface area (Å²) in [6, 6.07) is 15.6. The number of fused-ring (bicyclic) bond motifs is 3. The molecule has 0 atom stereocenters. The van der Waals surface area contributed by atoms with Gasteiger partial charge in [0.05, 0.1) is 5.39 Å². The van der Waals surface area contributed by atoms with Crippen molar-refractivity contribution < 1.29 is 4.73 Å². The van der Waals surface area contributed by atoms with Crippen LogP contribution in [0, 0.1) is 5.21 Å². The van der Waals surface area contributed by atoms with Crippen LogP contribution in [-0.4, -0.2) is 0 Å². The lowest BCUT2D eigenvalue weighted by Crippen LogP contribution is -2.26. The summed E-state index contributed by atoms with van der Waals surface area (Å²) in [6.07, 6.45) is 1.62. The Balaban J connectivity index is 2.64. The van der Waals surface area contributed by atoms with E-state index in [4.69, 9.17) is 0 Å². The molecule has 0 aliphatic carbocycles. The molecule has 15 heavy (non-hydrogen) atoms. The van der Waals surface area contributed by atoms with Gasteiger partial charge in [-0.05, 0) is 12.1 Å². The molecule has 0 radical (unpaired) electrons. The third kappa shape index (κ3) is 1.15. The molecule has 3 aromatic rings. The molecule has 0 aliphatic rings. The summed E-state index contributed by atoms with van der Waals surface area (Å²) in [6.45, 7) is 0. The third-order valence-electron chi connectivity index (χ3n) is 2.65. The van der Waals surface area contributed by atoms with Crippen molar-refractivity contribution in [3.8, 4) is 0 Å². The van der Waals surface area contributed by atoms with Crippen molar-refractivity contribution >= 4 is 21.7 Å². The minimum absolute atomic E-state index is 0.719. The normalized spacial score (nSPS) is 10.9. The SMILES string of the molecule is [O-][n+]1cc2ccccc2c2ccccc21. The lowest BCUT2D eigenvalue weighted by Gasteiger charge is -2.04. The largest absolute Gasteiger partial charge is 0.618 e. The van der Waals surface area contributed by atoms with E-state index in [1.165, 1.54) is 0 Å². The predicted molar refractivity (Wildman–Crippen MR) is 60.4 cm³/mol. The van der Waals surface area contributed by atoms with Gasteiger partial charge in [0.15, 0.2) is 6.20 Å². The number of hydrogen-bond acceptors (Lipinski definition) is 1. The molecular formula is C13H9NO. The van der Waals surface area contributed by atoms with Crippen LogP contribution in [0.25, 0.3) is 21.7 Å². The predicted octanol–water partition coefficient (Wildman–Crippen LogP) is 2.63. The van der Waals surface area contributed by atoms with Crippen LogP contribution in [0.2, 0.25) is 0 Å². The van der Waals surface area contributed by atoms with Crippen molar-refractivity contribution in [2.45, 2.75) is 0 Å². The molecule has 0 amide bonds. The molecule has 0 saturated carbocycles. The van der Waals surface area contributed by atoms with E-state index in [-0.39, 0.29) is 0 Å². The third-order valence-corrected chi connectivity index (χ3v) is 2.65. The maximum atomic E-state index is 11.7. The van der Waals surface area contributed by atoms with Gasteiger partial charge in [-0.1, -0.05) is 30.3 Å². The molecule has 72 valence electrons. The Morgan fingerprint density at radius 1 is 0.800 bits per heavy atom. The van der Waals surface area contributed by atoms with Crippen LogP contribution >= 0.6 is 0 Å². The maximum Gasteiger partial charge on any atom is 0.224 e. The first-order chi connectivity index (χ1) is 7.36. The first-order valence-electron chi connectivity index (χ1n) is 4.86. The number of para-hydroxylation sites is 1. The molecule has 2 aromatic carbocycles. The van der Waals surface area contributed by atoms with Gasteiger partial charge < -0.3 is 5.21 Å². The molecule has 0 fully saturated rings. The fourth-order valence-corrected chi connectivity index (χ4v) is 1.94. The van der Waals surface area contributed by atoms with E-state index in [1.807, 2.05) is 48.5 Å². The lowest BCUT2D eigenvalue weighted by molar-refractivity contribution is -0.575.